The molecular formula is C18H16N6OS. The van der Waals surface area contributed by atoms with Gasteiger partial charge in [-0.1, -0.05) is 41.7 Å². The van der Waals surface area contributed by atoms with Crippen molar-refractivity contribution in [2.75, 3.05) is 5.32 Å². The fraction of sp³-hybridized carbons (Fsp3) is 0.167. The van der Waals surface area contributed by atoms with Gasteiger partial charge in [-0.2, -0.15) is 5.10 Å². The maximum atomic E-state index is 12.5. The Bertz CT molecular complexity index is 1090. The highest BCUT2D eigenvalue weighted by atomic mass is 32.1. The lowest BCUT2D eigenvalue weighted by atomic mass is 10.2. The van der Waals surface area contributed by atoms with Crippen molar-refractivity contribution in [1.82, 2.24) is 24.8 Å². The number of carbonyl (C=O) groups excluding carboxylic acids is 1. The second kappa shape index (κ2) is 6.64. The van der Waals surface area contributed by atoms with Crippen LogP contribution in [0.25, 0.3) is 5.65 Å². The first kappa shape index (κ1) is 16.3. The van der Waals surface area contributed by atoms with Crippen LogP contribution in [-0.2, 0) is 6.42 Å². The number of nitrogens with zero attached hydrogens (tertiary/aromatic N) is 5. The summed E-state index contributed by atoms with van der Waals surface area (Å²) >= 11 is 1.36. The van der Waals surface area contributed by atoms with Gasteiger partial charge in [-0.25, -0.2) is 9.50 Å². The Morgan fingerprint density at radius 1 is 1.15 bits per heavy atom. The highest BCUT2D eigenvalue weighted by Gasteiger charge is 2.15. The van der Waals surface area contributed by atoms with Gasteiger partial charge in [0.25, 0.3) is 5.91 Å². The molecule has 3 heterocycles. The number of carbonyl (C=O) groups is 1. The summed E-state index contributed by atoms with van der Waals surface area (Å²) in [7, 11) is 0. The van der Waals surface area contributed by atoms with Gasteiger partial charge in [-0.15, -0.1) is 10.2 Å². The van der Waals surface area contributed by atoms with Gasteiger partial charge in [0, 0.05) is 23.9 Å². The Hall–Kier alpha value is -3.13. The molecule has 0 fully saturated rings. The van der Waals surface area contributed by atoms with E-state index in [9.17, 15) is 4.79 Å². The predicted octanol–water partition coefficient (Wildman–Crippen LogP) is 3.04. The molecule has 0 unspecified atom stereocenters. The standard InChI is InChI=1S/C18H16N6OS/c1-11-8-12(2)24-15(19-11)10-14(23-24)17(25)20-18-22-21-16(26-18)9-13-6-4-3-5-7-13/h3-8,10H,9H2,1-2H3,(H,20,22,25). The SMILES string of the molecule is Cc1cc(C)n2nc(C(=O)Nc3nnc(Cc4ccccc4)s3)cc2n1. The molecule has 1 N–H and O–H groups in total. The molecule has 0 aliphatic heterocycles. The number of fused-ring (bicyclic) bond motifs is 1. The fourth-order valence-electron chi connectivity index (χ4n) is 2.71. The number of hydrogen-bond donors (Lipinski definition) is 1. The first-order chi connectivity index (χ1) is 12.6. The molecule has 26 heavy (non-hydrogen) atoms. The molecule has 0 aliphatic rings. The third-order valence-corrected chi connectivity index (χ3v) is 4.69. The van der Waals surface area contributed by atoms with E-state index < -0.39 is 0 Å². The Morgan fingerprint density at radius 3 is 2.77 bits per heavy atom. The van der Waals surface area contributed by atoms with E-state index >= 15 is 0 Å². The highest BCUT2D eigenvalue weighted by Crippen LogP contribution is 2.19. The summed E-state index contributed by atoms with van der Waals surface area (Å²) in [5.74, 6) is -0.324. The van der Waals surface area contributed by atoms with Crippen molar-refractivity contribution in [2.24, 2.45) is 0 Å². The minimum absolute atomic E-state index is 0.297. The zero-order chi connectivity index (χ0) is 18.1. The van der Waals surface area contributed by atoms with Crippen LogP contribution in [-0.4, -0.2) is 30.7 Å². The Kier molecular flexibility index (Phi) is 4.18. The molecule has 0 saturated carbocycles. The zero-order valence-corrected chi connectivity index (χ0v) is 15.1. The van der Waals surface area contributed by atoms with Crippen LogP contribution in [0, 0.1) is 13.8 Å². The van der Waals surface area contributed by atoms with Gasteiger partial charge in [-0.3, -0.25) is 10.1 Å². The van der Waals surface area contributed by atoms with E-state index in [1.807, 2.05) is 50.2 Å². The average Bonchev–Trinajstić information content (AvgIpc) is 3.23. The van der Waals surface area contributed by atoms with E-state index in [0.717, 1.165) is 22.0 Å². The molecular weight excluding hydrogens is 348 g/mol. The van der Waals surface area contributed by atoms with Crippen LogP contribution >= 0.6 is 11.3 Å². The molecule has 0 saturated heterocycles. The summed E-state index contributed by atoms with van der Waals surface area (Å²) in [6.45, 7) is 3.84. The smallest absolute Gasteiger partial charge is 0.278 e. The van der Waals surface area contributed by atoms with Gasteiger partial charge in [0.2, 0.25) is 5.13 Å². The number of aromatic nitrogens is 5. The fourth-order valence-corrected chi connectivity index (χ4v) is 3.47. The quantitative estimate of drug-likeness (QED) is 0.602. The van der Waals surface area contributed by atoms with E-state index in [-0.39, 0.29) is 5.91 Å². The van der Waals surface area contributed by atoms with Gasteiger partial charge in [0.15, 0.2) is 11.3 Å². The monoisotopic (exact) mass is 364 g/mol. The molecule has 4 rings (SSSR count). The Balaban J connectivity index is 1.51. The highest BCUT2D eigenvalue weighted by molar-refractivity contribution is 7.15. The normalized spacial score (nSPS) is 11.0. The summed E-state index contributed by atoms with van der Waals surface area (Å²) in [6, 6.07) is 13.6. The van der Waals surface area contributed by atoms with Gasteiger partial charge in [0.1, 0.15) is 5.01 Å². The molecule has 4 aromatic rings. The topological polar surface area (TPSA) is 85.1 Å². The van der Waals surface area contributed by atoms with Crippen LogP contribution in [0.2, 0.25) is 0 Å². The summed E-state index contributed by atoms with van der Waals surface area (Å²) in [4.78, 5) is 16.9. The molecule has 7 nitrogen and oxygen atoms in total. The van der Waals surface area contributed by atoms with Crippen molar-refractivity contribution in [3.8, 4) is 0 Å². The zero-order valence-electron chi connectivity index (χ0n) is 14.3. The Labute approximate surface area is 153 Å². The van der Waals surface area contributed by atoms with Gasteiger partial charge >= 0.3 is 0 Å². The average molecular weight is 364 g/mol. The van der Waals surface area contributed by atoms with Crippen LogP contribution in [0.4, 0.5) is 5.13 Å². The van der Waals surface area contributed by atoms with Crippen molar-refractivity contribution >= 4 is 28.0 Å². The van der Waals surface area contributed by atoms with Crippen molar-refractivity contribution in [3.05, 3.63) is 70.1 Å². The molecule has 0 aliphatic carbocycles. The lowest BCUT2D eigenvalue weighted by molar-refractivity contribution is 0.102. The predicted molar refractivity (Wildman–Crippen MR) is 99.6 cm³/mol. The van der Waals surface area contributed by atoms with E-state index in [2.05, 4.69) is 25.6 Å². The molecule has 1 amide bonds. The lowest BCUT2D eigenvalue weighted by Crippen LogP contribution is -2.12. The molecule has 1 aromatic carbocycles. The summed E-state index contributed by atoms with van der Waals surface area (Å²) in [5.41, 5.74) is 3.91. The van der Waals surface area contributed by atoms with Gasteiger partial charge < -0.3 is 0 Å². The minimum Gasteiger partial charge on any atom is -0.295 e. The van der Waals surface area contributed by atoms with Crippen LogP contribution in [0.5, 0.6) is 0 Å². The largest absolute Gasteiger partial charge is 0.295 e. The van der Waals surface area contributed by atoms with Gasteiger partial charge in [-0.05, 0) is 25.5 Å². The van der Waals surface area contributed by atoms with Crippen LogP contribution < -0.4 is 5.32 Å². The number of rotatable bonds is 4. The van der Waals surface area contributed by atoms with Crippen molar-refractivity contribution in [3.63, 3.8) is 0 Å². The third-order valence-electron chi connectivity index (χ3n) is 3.85. The van der Waals surface area contributed by atoms with E-state index in [0.29, 0.717) is 22.9 Å². The number of benzene rings is 1. The first-order valence-corrected chi connectivity index (χ1v) is 8.92. The molecule has 3 aromatic heterocycles. The van der Waals surface area contributed by atoms with E-state index in [1.165, 1.54) is 11.3 Å². The maximum absolute atomic E-state index is 12.5. The number of nitrogens with one attached hydrogen (secondary N) is 1. The Morgan fingerprint density at radius 2 is 1.96 bits per heavy atom. The van der Waals surface area contributed by atoms with Gasteiger partial charge in [0.05, 0.1) is 0 Å². The van der Waals surface area contributed by atoms with Crippen molar-refractivity contribution < 1.29 is 4.79 Å². The molecule has 0 radical (unpaired) electrons. The molecule has 130 valence electrons. The molecule has 0 bridgehead atoms. The maximum Gasteiger partial charge on any atom is 0.278 e. The first-order valence-electron chi connectivity index (χ1n) is 8.10. The number of hydrogen-bond acceptors (Lipinski definition) is 6. The molecule has 8 heteroatoms. The molecule has 0 atom stereocenters. The third kappa shape index (κ3) is 3.31. The second-order valence-corrected chi connectivity index (χ2v) is 7.02. The number of amides is 1. The summed E-state index contributed by atoms with van der Waals surface area (Å²) in [5, 5.41) is 16.6. The molecule has 0 spiro atoms. The van der Waals surface area contributed by atoms with Crippen molar-refractivity contribution in [1.29, 1.82) is 0 Å². The summed E-state index contributed by atoms with van der Waals surface area (Å²) < 4.78 is 1.66. The summed E-state index contributed by atoms with van der Waals surface area (Å²) in [6.07, 6.45) is 0.686. The van der Waals surface area contributed by atoms with E-state index in [1.54, 1.807) is 10.6 Å². The van der Waals surface area contributed by atoms with Crippen molar-refractivity contribution in [2.45, 2.75) is 20.3 Å². The van der Waals surface area contributed by atoms with E-state index in [4.69, 9.17) is 0 Å². The van der Waals surface area contributed by atoms with Crippen LogP contribution in [0.1, 0.15) is 32.4 Å². The minimum atomic E-state index is -0.324. The number of anilines is 1. The van der Waals surface area contributed by atoms with Crippen LogP contribution in [0.3, 0.4) is 0 Å². The number of aryl methyl sites for hydroxylation is 2. The lowest BCUT2D eigenvalue weighted by Gasteiger charge is -1.99. The van der Waals surface area contributed by atoms with Crippen LogP contribution in [0.15, 0.2) is 42.5 Å². The second-order valence-electron chi connectivity index (χ2n) is 5.96.